The molecular weight excluding hydrogens is 338 g/mol. The zero-order valence-electron chi connectivity index (χ0n) is 16.2. The van der Waals surface area contributed by atoms with Gasteiger partial charge in [-0.3, -0.25) is 9.55 Å². The van der Waals surface area contributed by atoms with Gasteiger partial charge in [-0.2, -0.15) is 0 Å². The zero-order chi connectivity index (χ0) is 19.1. The first-order chi connectivity index (χ1) is 13.2. The Kier molecular flexibility index (Phi) is 6.52. The summed E-state index contributed by atoms with van der Waals surface area (Å²) in [5.41, 5.74) is 2.25. The van der Waals surface area contributed by atoms with Crippen molar-refractivity contribution in [2.45, 2.75) is 58.7 Å². The topological polar surface area (TPSA) is 67.6 Å². The predicted octanol–water partition coefficient (Wildman–Crippen LogP) is 3.98. The van der Waals surface area contributed by atoms with Gasteiger partial charge in [0.25, 0.3) is 0 Å². The summed E-state index contributed by atoms with van der Waals surface area (Å²) in [6.07, 6.45) is 9.49. The fourth-order valence-electron chi connectivity index (χ4n) is 3.34. The lowest BCUT2D eigenvalue weighted by atomic mass is 10.1. The van der Waals surface area contributed by atoms with E-state index in [-0.39, 0.29) is 11.7 Å². The molecule has 0 aliphatic heterocycles. The van der Waals surface area contributed by atoms with E-state index in [0.29, 0.717) is 6.54 Å². The van der Waals surface area contributed by atoms with Gasteiger partial charge in [0.05, 0.1) is 12.0 Å². The van der Waals surface area contributed by atoms with E-state index in [4.69, 9.17) is 0 Å². The van der Waals surface area contributed by atoms with Gasteiger partial charge in [-0.05, 0) is 31.7 Å². The molecule has 1 unspecified atom stereocenters. The third-order valence-corrected chi connectivity index (χ3v) is 4.88. The number of aryl methyl sites for hydroxylation is 1. The van der Waals surface area contributed by atoms with Gasteiger partial charge in [-0.25, -0.2) is 9.78 Å². The van der Waals surface area contributed by atoms with Gasteiger partial charge in [-0.15, -0.1) is 0 Å². The van der Waals surface area contributed by atoms with Crippen LogP contribution in [-0.2, 0) is 19.5 Å². The third kappa shape index (κ3) is 4.90. The van der Waals surface area contributed by atoms with E-state index in [2.05, 4.69) is 41.3 Å². The van der Waals surface area contributed by atoms with E-state index in [0.717, 1.165) is 43.7 Å². The fraction of sp³-hybridized carbons (Fsp3) is 0.429. The van der Waals surface area contributed by atoms with E-state index in [1.165, 1.54) is 5.56 Å². The van der Waals surface area contributed by atoms with Crippen molar-refractivity contribution < 1.29 is 0 Å². The molecule has 0 saturated carbocycles. The number of benzene rings is 1. The van der Waals surface area contributed by atoms with Crippen molar-refractivity contribution in [1.29, 1.82) is 0 Å². The summed E-state index contributed by atoms with van der Waals surface area (Å²) in [6.45, 7) is 5.85. The highest BCUT2D eigenvalue weighted by Gasteiger charge is 2.16. The molecular formula is C21H29N5O. The van der Waals surface area contributed by atoms with Crippen molar-refractivity contribution in [1.82, 2.24) is 19.1 Å². The van der Waals surface area contributed by atoms with E-state index in [9.17, 15) is 4.79 Å². The van der Waals surface area contributed by atoms with Crippen molar-refractivity contribution in [3.8, 4) is 0 Å². The van der Waals surface area contributed by atoms with Crippen LogP contribution in [-0.4, -0.2) is 19.1 Å². The Balaban J connectivity index is 1.75. The van der Waals surface area contributed by atoms with Crippen molar-refractivity contribution >= 4 is 5.82 Å². The number of nitrogens with one attached hydrogen (secondary N) is 2. The van der Waals surface area contributed by atoms with E-state index in [1.807, 2.05) is 39.9 Å². The van der Waals surface area contributed by atoms with Crippen molar-refractivity contribution in [2.75, 3.05) is 5.32 Å². The van der Waals surface area contributed by atoms with E-state index in [1.54, 1.807) is 6.20 Å². The van der Waals surface area contributed by atoms with Crippen LogP contribution in [0, 0.1) is 0 Å². The van der Waals surface area contributed by atoms with Gasteiger partial charge in [0.1, 0.15) is 5.82 Å². The average molecular weight is 367 g/mol. The Labute approximate surface area is 160 Å². The lowest BCUT2D eigenvalue weighted by molar-refractivity contribution is 0.537. The second-order valence-electron chi connectivity index (χ2n) is 6.94. The maximum Gasteiger partial charge on any atom is 0.327 e. The Bertz CT molecular complexity index is 864. The van der Waals surface area contributed by atoms with Gasteiger partial charge < -0.3 is 9.88 Å². The lowest BCUT2D eigenvalue weighted by Crippen LogP contribution is -2.20. The van der Waals surface area contributed by atoms with Gasteiger partial charge in [-0.1, -0.05) is 43.7 Å². The van der Waals surface area contributed by atoms with Crippen molar-refractivity contribution in [3.63, 3.8) is 0 Å². The molecule has 0 spiro atoms. The fourth-order valence-corrected chi connectivity index (χ4v) is 3.34. The number of rotatable bonds is 10. The first-order valence-corrected chi connectivity index (χ1v) is 9.78. The number of aromatic amines is 1. The molecule has 2 heterocycles. The molecule has 0 saturated heterocycles. The van der Waals surface area contributed by atoms with Crippen LogP contribution >= 0.6 is 0 Å². The molecule has 144 valence electrons. The first-order valence-electron chi connectivity index (χ1n) is 9.78. The minimum atomic E-state index is -0.0329. The highest BCUT2D eigenvalue weighted by molar-refractivity contribution is 5.43. The average Bonchev–Trinajstić information content (AvgIpc) is 3.29. The lowest BCUT2D eigenvalue weighted by Gasteiger charge is -2.16. The number of H-pyrrole nitrogens is 1. The Hall–Kier alpha value is -2.76. The predicted molar refractivity (Wildman–Crippen MR) is 109 cm³/mol. The number of hydrogen-bond donors (Lipinski definition) is 2. The van der Waals surface area contributed by atoms with E-state index >= 15 is 0 Å². The van der Waals surface area contributed by atoms with Gasteiger partial charge >= 0.3 is 5.69 Å². The maximum atomic E-state index is 12.6. The molecule has 0 aliphatic rings. The second kappa shape index (κ2) is 9.26. The normalized spacial score (nSPS) is 12.2. The number of hydrogen-bond acceptors (Lipinski definition) is 3. The number of unbranched alkanes of at least 4 members (excludes halogenated alkanes) is 1. The minimum Gasteiger partial charge on any atom is -0.364 e. The van der Waals surface area contributed by atoms with Gasteiger partial charge in [0.15, 0.2) is 0 Å². The largest absolute Gasteiger partial charge is 0.364 e. The SMILES string of the molecule is CCCCc1c(NC(C)c2ccccc2)[nH]c(=O)n1CCCn1ccnc1. The summed E-state index contributed by atoms with van der Waals surface area (Å²) in [4.78, 5) is 19.7. The number of nitrogens with zero attached hydrogens (tertiary/aromatic N) is 3. The molecule has 6 nitrogen and oxygen atoms in total. The number of imidazole rings is 2. The highest BCUT2D eigenvalue weighted by atomic mass is 16.1. The monoisotopic (exact) mass is 367 g/mol. The minimum absolute atomic E-state index is 0.0329. The van der Waals surface area contributed by atoms with Crippen LogP contribution < -0.4 is 11.0 Å². The standard InChI is InChI=1S/C21H29N5O/c1-3-4-11-19-20(23-17(2)18-9-6-5-7-10-18)24-21(27)26(19)14-8-13-25-15-12-22-16-25/h5-7,9-10,12,15-17,23H,3-4,8,11,13-14H2,1-2H3,(H,24,27). The van der Waals surface area contributed by atoms with Crippen molar-refractivity contribution in [2.24, 2.45) is 0 Å². The van der Waals surface area contributed by atoms with Crippen LogP contribution in [0.2, 0.25) is 0 Å². The molecule has 0 fully saturated rings. The molecule has 1 aromatic carbocycles. The summed E-state index contributed by atoms with van der Waals surface area (Å²) in [5, 5.41) is 3.51. The zero-order valence-corrected chi connectivity index (χ0v) is 16.2. The molecule has 2 aromatic heterocycles. The van der Waals surface area contributed by atoms with Crippen LogP contribution in [0.25, 0.3) is 0 Å². The maximum absolute atomic E-state index is 12.6. The Morgan fingerprint density at radius 2 is 2.00 bits per heavy atom. The second-order valence-corrected chi connectivity index (χ2v) is 6.94. The number of aromatic nitrogens is 4. The van der Waals surface area contributed by atoms with Crippen LogP contribution in [0.1, 0.15) is 50.4 Å². The summed E-state index contributed by atoms with van der Waals surface area (Å²) >= 11 is 0. The Morgan fingerprint density at radius 3 is 2.70 bits per heavy atom. The molecule has 0 amide bonds. The molecule has 2 N–H and O–H groups in total. The molecule has 0 bridgehead atoms. The number of anilines is 1. The van der Waals surface area contributed by atoms with Crippen LogP contribution in [0.3, 0.4) is 0 Å². The smallest absolute Gasteiger partial charge is 0.327 e. The molecule has 6 heteroatoms. The van der Waals surface area contributed by atoms with Crippen LogP contribution in [0.5, 0.6) is 0 Å². The van der Waals surface area contributed by atoms with Crippen molar-refractivity contribution in [3.05, 3.63) is 70.8 Å². The van der Waals surface area contributed by atoms with Crippen LogP contribution in [0.4, 0.5) is 5.82 Å². The third-order valence-electron chi connectivity index (χ3n) is 4.88. The highest BCUT2D eigenvalue weighted by Crippen LogP contribution is 2.21. The quantitative estimate of drug-likeness (QED) is 0.569. The Morgan fingerprint density at radius 1 is 1.19 bits per heavy atom. The summed E-state index contributed by atoms with van der Waals surface area (Å²) in [5.74, 6) is 0.854. The van der Waals surface area contributed by atoms with Crippen LogP contribution in [0.15, 0.2) is 53.8 Å². The molecule has 3 rings (SSSR count). The summed E-state index contributed by atoms with van der Waals surface area (Å²) in [6, 6.07) is 10.4. The molecule has 1 atom stereocenters. The van der Waals surface area contributed by atoms with Gasteiger partial charge in [0.2, 0.25) is 0 Å². The van der Waals surface area contributed by atoms with Gasteiger partial charge in [0, 0.05) is 31.5 Å². The summed E-state index contributed by atoms with van der Waals surface area (Å²) in [7, 11) is 0. The molecule has 3 aromatic rings. The summed E-state index contributed by atoms with van der Waals surface area (Å²) < 4.78 is 3.94. The first kappa shape index (κ1) is 19.0. The van der Waals surface area contributed by atoms with E-state index < -0.39 is 0 Å². The molecule has 0 aliphatic carbocycles. The molecule has 0 radical (unpaired) electrons. The molecule has 27 heavy (non-hydrogen) atoms.